The maximum Gasteiger partial charge on any atom is 0.328 e. The van der Waals surface area contributed by atoms with Crippen LogP contribution in [0.25, 0.3) is 10.9 Å². The highest BCUT2D eigenvalue weighted by Crippen LogP contribution is 2.17. The van der Waals surface area contributed by atoms with Gasteiger partial charge in [0, 0.05) is 73.9 Å². The lowest BCUT2D eigenvalue weighted by Gasteiger charge is -2.15. The molecule has 0 fully saturated rings. The number of aryl methyl sites for hydroxylation is 1. The fraction of sp³-hybridized carbons (Fsp3) is 0.297. The van der Waals surface area contributed by atoms with Gasteiger partial charge in [0.25, 0.3) is 21.9 Å². The monoisotopic (exact) mass is 786 g/mol. The molecule has 5 aromatic rings. The Bertz CT molecular complexity index is 2260. The van der Waals surface area contributed by atoms with Gasteiger partial charge in [-0.05, 0) is 55.7 Å². The van der Waals surface area contributed by atoms with Gasteiger partial charge in [-0.3, -0.25) is 33.6 Å². The van der Waals surface area contributed by atoms with Crippen molar-refractivity contribution in [1.29, 1.82) is 0 Å². The van der Waals surface area contributed by atoms with E-state index < -0.39 is 33.9 Å². The Labute approximate surface area is 322 Å². The van der Waals surface area contributed by atoms with Gasteiger partial charge >= 0.3 is 5.97 Å². The van der Waals surface area contributed by atoms with Crippen molar-refractivity contribution in [3.63, 3.8) is 0 Å². The second-order valence-corrected chi connectivity index (χ2v) is 14.0. The van der Waals surface area contributed by atoms with E-state index in [1.165, 1.54) is 30.6 Å². The summed E-state index contributed by atoms with van der Waals surface area (Å²) in [4.78, 5) is 65.0. The summed E-state index contributed by atoms with van der Waals surface area (Å²) in [5.74, 6) is -1.87. The molecule has 3 heterocycles. The molecule has 1 atom stereocenters. The zero-order valence-electron chi connectivity index (χ0n) is 30.2. The van der Waals surface area contributed by atoms with Crippen LogP contribution in [0.1, 0.15) is 64.1 Å². The van der Waals surface area contributed by atoms with E-state index in [4.69, 9.17) is 0 Å². The van der Waals surface area contributed by atoms with E-state index in [1.54, 1.807) is 55.0 Å². The third-order valence-electron chi connectivity index (χ3n) is 8.48. The van der Waals surface area contributed by atoms with Crippen LogP contribution in [0, 0.1) is 0 Å². The summed E-state index contributed by atoms with van der Waals surface area (Å²) >= 11 is 0. The van der Waals surface area contributed by atoms with E-state index >= 15 is 0 Å². The minimum Gasteiger partial charge on any atom is -0.480 e. The third kappa shape index (κ3) is 12.0. The first kappa shape index (κ1) is 40.7. The van der Waals surface area contributed by atoms with Crippen LogP contribution in [0.4, 0.5) is 5.95 Å². The van der Waals surface area contributed by atoms with Gasteiger partial charge in [0.1, 0.15) is 10.9 Å². The number of fused-ring (bicyclic) bond motifs is 1. The molecule has 2 aromatic carbocycles. The van der Waals surface area contributed by atoms with E-state index in [9.17, 15) is 37.3 Å². The van der Waals surface area contributed by atoms with Crippen LogP contribution in [0.5, 0.6) is 0 Å². The number of aromatic amines is 1. The number of aliphatic carboxylic acids is 1. The summed E-state index contributed by atoms with van der Waals surface area (Å²) in [7, 11) is -4.39. The van der Waals surface area contributed by atoms with Crippen LogP contribution in [-0.2, 0) is 32.8 Å². The van der Waals surface area contributed by atoms with Crippen molar-refractivity contribution in [1.82, 2.24) is 40.7 Å². The van der Waals surface area contributed by atoms with Crippen LogP contribution in [-0.4, -0.2) is 98.4 Å². The average molecular weight is 787 g/mol. The van der Waals surface area contributed by atoms with E-state index in [0.717, 1.165) is 17.3 Å². The van der Waals surface area contributed by atoms with Gasteiger partial charge in [-0.2, -0.15) is 13.5 Å². The third-order valence-corrected chi connectivity index (χ3v) is 9.40. The smallest absolute Gasteiger partial charge is 0.328 e. The SMILES string of the molecule is O=C(CCCCCNC(=O)c1ccc(CN=Cc2ccccc2S(=O)(=O)O)nc1)NC(CNC(=O)c1ccc2c(cnn2CCCNc2ncc[nH]2)c1)C(=O)O. The van der Waals surface area contributed by atoms with Crippen LogP contribution < -0.4 is 21.3 Å². The van der Waals surface area contributed by atoms with Crippen molar-refractivity contribution in [2.24, 2.45) is 4.99 Å². The maximum atomic E-state index is 12.9. The lowest BCUT2D eigenvalue weighted by Crippen LogP contribution is -2.48. The van der Waals surface area contributed by atoms with Crippen molar-refractivity contribution in [2.75, 3.05) is 25.0 Å². The Kier molecular flexibility index (Phi) is 14.3. The number of unbranched alkanes of at least 4 members (excludes halogenated alkanes) is 2. The summed E-state index contributed by atoms with van der Waals surface area (Å²) in [5.41, 5.74) is 2.29. The summed E-state index contributed by atoms with van der Waals surface area (Å²) in [6.45, 7) is 1.51. The van der Waals surface area contributed by atoms with Crippen molar-refractivity contribution in [3.8, 4) is 0 Å². The van der Waals surface area contributed by atoms with Crippen molar-refractivity contribution >= 4 is 56.9 Å². The second-order valence-electron chi connectivity index (χ2n) is 12.6. The molecular formula is C37H42N10O8S. The number of carbonyl (C=O) groups is 4. The van der Waals surface area contributed by atoms with E-state index in [0.29, 0.717) is 61.7 Å². The standard InChI is InChI=1S/C37H42N10O8S/c48-33(9-2-1-5-14-39-35(50)27-10-12-29(43-21-27)23-38-20-26-7-3-4-8-32(26)56(53,54)55)46-30(36(51)52)24-44-34(49)25-11-13-31-28(19-25)22-45-47(31)18-6-15-40-37-41-16-17-42-37/h3-4,7-8,10-13,16-17,19-22,30H,1-2,5-6,9,14-15,18,23-24H2,(H,39,50)(H,44,49)(H,46,48)(H,51,52)(H2,40,41,42)(H,53,54,55). The number of nitrogens with one attached hydrogen (secondary N) is 5. The van der Waals surface area contributed by atoms with Crippen molar-refractivity contribution in [2.45, 2.75) is 56.1 Å². The lowest BCUT2D eigenvalue weighted by atomic mass is 10.1. The highest BCUT2D eigenvalue weighted by molar-refractivity contribution is 7.86. The molecule has 7 N–H and O–H groups in total. The predicted octanol–water partition coefficient (Wildman–Crippen LogP) is 2.81. The molecule has 0 aliphatic carbocycles. The lowest BCUT2D eigenvalue weighted by molar-refractivity contribution is -0.141. The number of pyridine rings is 1. The zero-order chi connectivity index (χ0) is 39.9. The van der Waals surface area contributed by atoms with Gasteiger partial charge in [0.05, 0.1) is 29.5 Å². The largest absolute Gasteiger partial charge is 0.480 e. The van der Waals surface area contributed by atoms with Crippen LogP contribution in [0.3, 0.4) is 0 Å². The molecule has 0 aliphatic rings. The molecule has 294 valence electrons. The number of nitrogens with zero attached hydrogens (tertiary/aromatic N) is 5. The average Bonchev–Trinajstić information content (AvgIpc) is 3.86. The van der Waals surface area contributed by atoms with Crippen LogP contribution >= 0.6 is 0 Å². The molecule has 5 rings (SSSR count). The Morgan fingerprint density at radius 3 is 2.46 bits per heavy atom. The molecule has 0 saturated heterocycles. The minimum atomic E-state index is -4.39. The molecule has 18 nitrogen and oxygen atoms in total. The summed E-state index contributed by atoms with van der Waals surface area (Å²) in [5, 5.41) is 25.8. The summed E-state index contributed by atoms with van der Waals surface area (Å²) < 4.78 is 34.3. The van der Waals surface area contributed by atoms with E-state index in [1.807, 2.05) is 4.68 Å². The number of H-pyrrole nitrogens is 1. The van der Waals surface area contributed by atoms with Gasteiger partial charge in [-0.1, -0.05) is 24.6 Å². The molecule has 0 aliphatic heterocycles. The number of carboxylic acids is 1. The maximum absolute atomic E-state index is 12.9. The highest BCUT2D eigenvalue weighted by atomic mass is 32.2. The molecule has 56 heavy (non-hydrogen) atoms. The number of benzene rings is 2. The molecule has 0 radical (unpaired) electrons. The number of imidazole rings is 1. The van der Waals surface area contributed by atoms with Crippen molar-refractivity contribution < 1.29 is 37.3 Å². The number of hydrogen-bond acceptors (Lipinski definition) is 11. The highest BCUT2D eigenvalue weighted by Gasteiger charge is 2.21. The normalized spacial score (nSPS) is 12.0. The van der Waals surface area contributed by atoms with E-state index in [2.05, 4.69) is 46.3 Å². The first-order valence-electron chi connectivity index (χ1n) is 17.8. The molecular weight excluding hydrogens is 745 g/mol. The molecule has 1 unspecified atom stereocenters. The molecule has 3 amide bonds. The minimum absolute atomic E-state index is 0.0699. The van der Waals surface area contributed by atoms with Crippen LogP contribution in [0.15, 0.2) is 89.3 Å². The number of aliphatic imine (C=N–C) groups is 1. The molecule has 19 heteroatoms. The summed E-state index contributed by atoms with van der Waals surface area (Å²) in [6, 6.07) is 12.9. The Balaban J connectivity index is 0.963. The summed E-state index contributed by atoms with van der Waals surface area (Å²) in [6.07, 6.45) is 10.3. The first-order chi connectivity index (χ1) is 27.0. The first-order valence-corrected chi connectivity index (χ1v) is 19.2. The van der Waals surface area contributed by atoms with E-state index in [-0.39, 0.29) is 35.9 Å². The zero-order valence-corrected chi connectivity index (χ0v) is 31.0. The van der Waals surface area contributed by atoms with Gasteiger partial charge in [0.15, 0.2) is 5.95 Å². The van der Waals surface area contributed by atoms with Gasteiger partial charge in [0.2, 0.25) is 5.91 Å². The number of rotatable bonds is 21. The van der Waals surface area contributed by atoms with Gasteiger partial charge < -0.3 is 31.4 Å². The number of hydrogen-bond donors (Lipinski definition) is 7. The van der Waals surface area contributed by atoms with Gasteiger partial charge in [-0.25, -0.2) is 9.78 Å². The van der Waals surface area contributed by atoms with Crippen LogP contribution in [0.2, 0.25) is 0 Å². The number of amides is 3. The fourth-order valence-electron chi connectivity index (χ4n) is 5.57. The molecule has 0 spiro atoms. The second kappa shape index (κ2) is 19.7. The number of carboxylic acid groups (broad SMARTS) is 1. The molecule has 3 aromatic heterocycles. The van der Waals surface area contributed by atoms with Gasteiger partial charge in [-0.15, -0.1) is 0 Å². The Hall–Kier alpha value is -6.47. The molecule has 0 saturated carbocycles. The quantitative estimate of drug-likeness (QED) is 0.0322. The van der Waals surface area contributed by atoms with Crippen molar-refractivity contribution in [3.05, 3.63) is 102 Å². The molecule has 0 bridgehead atoms. The predicted molar refractivity (Wildman–Crippen MR) is 206 cm³/mol. The Morgan fingerprint density at radius 2 is 1.71 bits per heavy atom. The number of carbonyl (C=O) groups excluding carboxylic acids is 3. The topological polar surface area (TPSA) is 263 Å². The number of aromatic nitrogens is 5. The number of anilines is 1. The Morgan fingerprint density at radius 1 is 0.911 bits per heavy atom. The fourth-order valence-corrected chi connectivity index (χ4v) is 6.24.